The molecule has 2 fully saturated rings. The molecule has 2 aliphatic heterocycles. The van der Waals surface area contributed by atoms with Crippen LogP contribution in [0.4, 0.5) is 5.69 Å². The molecule has 0 aromatic heterocycles. The minimum absolute atomic E-state index is 0.223. The first-order chi connectivity index (χ1) is 15.1. The van der Waals surface area contributed by atoms with Gasteiger partial charge in [-0.05, 0) is 24.3 Å². The topological polar surface area (TPSA) is 85.3 Å². The highest BCUT2D eigenvalue weighted by Crippen LogP contribution is 2.28. The first kappa shape index (κ1) is 22.0. The molecule has 31 heavy (non-hydrogen) atoms. The molecule has 1 amide bonds. The van der Waals surface area contributed by atoms with Gasteiger partial charge in [0.25, 0.3) is 5.91 Å². The summed E-state index contributed by atoms with van der Waals surface area (Å²) in [6.07, 6.45) is -1.92. The van der Waals surface area contributed by atoms with Crippen LogP contribution in [0.15, 0.2) is 54.6 Å². The number of anilines is 1. The molecule has 166 valence electrons. The SMILES string of the molecule is O=C(NC[C@H]1O[C@@H](CO)[C@@H](O)[C@H]1N1CCN(c2ccccc2)CC1)c1ccccc1Cl. The van der Waals surface area contributed by atoms with E-state index in [-0.39, 0.29) is 25.1 Å². The maximum Gasteiger partial charge on any atom is 0.252 e. The number of carbonyl (C=O) groups excluding carboxylic acids is 1. The number of amides is 1. The monoisotopic (exact) mass is 445 g/mol. The van der Waals surface area contributed by atoms with Gasteiger partial charge in [0, 0.05) is 38.4 Å². The fourth-order valence-electron chi connectivity index (χ4n) is 4.45. The van der Waals surface area contributed by atoms with Crippen LogP contribution in [-0.2, 0) is 4.74 Å². The lowest BCUT2D eigenvalue weighted by atomic mass is 10.0. The van der Waals surface area contributed by atoms with E-state index in [0.717, 1.165) is 26.2 Å². The maximum absolute atomic E-state index is 12.6. The first-order valence-corrected chi connectivity index (χ1v) is 11.0. The molecule has 0 radical (unpaired) electrons. The van der Waals surface area contributed by atoms with Crippen molar-refractivity contribution < 1.29 is 19.7 Å². The predicted molar refractivity (Wildman–Crippen MR) is 120 cm³/mol. The van der Waals surface area contributed by atoms with Gasteiger partial charge in [-0.25, -0.2) is 0 Å². The number of aliphatic hydroxyl groups excluding tert-OH is 2. The second kappa shape index (κ2) is 9.97. The van der Waals surface area contributed by atoms with E-state index < -0.39 is 18.3 Å². The summed E-state index contributed by atoms with van der Waals surface area (Å²) in [4.78, 5) is 17.1. The van der Waals surface area contributed by atoms with Crippen LogP contribution in [0.1, 0.15) is 10.4 Å². The second-order valence-electron chi connectivity index (χ2n) is 7.93. The number of hydrogen-bond acceptors (Lipinski definition) is 6. The third-order valence-electron chi connectivity index (χ3n) is 6.08. The van der Waals surface area contributed by atoms with Crippen LogP contribution in [-0.4, -0.2) is 84.7 Å². The van der Waals surface area contributed by atoms with Crippen LogP contribution < -0.4 is 10.2 Å². The quantitative estimate of drug-likeness (QED) is 0.623. The van der Waals surface area contributed by atoms with Crippen molar-refractivity contribution in [1.29, 1.82) is 0 Å². The lowest BCUT2D eigenvalue weighted by Crippen LogP contribution is -2.57. The van der Waals surface area contributed by atoms with Gasteiger partial charge in [0.05, 0.1) is 29.3 Å². The summed E-state index contributed by atoms with van der Waals surface area (Å²) in [5, 5.41) is 23.7. The predicted octanol–water partition coefficient (Wildman–Crippen LogP) is 1.38. The standard InChI is InChI=1S/C23H28ClN3O4/c24-18-9-5-4-8-17(18)23(30)25-14-19-21(22(29)20(15-28)31-19)27-12-10-26(11-13-27)16-6-2-1-3-7-16/h1-9,19-22,28-29H,10-15H2,(H,25,30)/t19-,20+,21+,22-/m1/s1. The van der Waals surface area contributed by atoms with Gasteiger partial charge >= 0.3 is 0 Å². The summed E-state index contributed by atoms with van der Waals surface area (Å²) < 4.78 is 5.91. The van der Waals surface area contributed by atoms with Crippen LogP contribution >= 0.6 is 11.6 Å². The molecule has 0 saturated carbocycles. The normalized spacial score (nSPS) is 26.7. The van der Waals surface area contributed by atoms with E-state index in [1.165, 1.54) is 5.69 Å². The van der Waals surface area contributed by atoms with E-state index in [9.17, 15) is 15.0 Å². The van der Waals surface area contributed by atoms with Crippen molar-refractivity contribution in [3.63, 3.8) is 0 Å². The lowest BCUT2D eigenvalue weighted by molar-refractivity contribution is -0.0209. The zero-order valence-electron chi connectivity index (χ0n) is 17.2. The van der Waals surface area contributed by atoms with Gasteiger partial charge in [-0.2, -0.15) is 0 Å². The molecular weight excluding hydrogens is 418 g/mol. The van der Waals surface area contributed by atoms with E-state index >= 15 is 0 Å². The number of halogens is 1. The Morgan fingerprint density at radius 1 is 1.03 bits per heavy atom. The summed E-state index contributed by atoms with van der Waals surface area (Å²) in [5.74, 6) is -0.288. The molecule has 7 nitrogen and oxygen atoms in total. The Kier molecular flexibility index (Phi) is 7.09. The van der Waals surface area contributed by atoms with E-state index in [0.29, 0.717) is 10.6 Å². The molecular formula is C23H28ClN3O4. The Bertz CT molecular complexity index is 876. The number of benzene rings is 2. The molecule has 8 heteroatoms. The summed E-state index contributed by atoms with van der Waals surface area (Å²) in [6, 6.07) is 16.8. The zero-order valence-corrected chi connectivity index (χ0v) is 18.0. The number of nitrogens with one attached hydrogen (secondary N) is 1. The smallest absolute Gasteiger partial charge is 0.252 e. The maximum atomic E-state index is 12.6. The van der Waals surface area contributed by atoms with Crippen molar-refractivity contribution in [3.8, 4) is 0 Å². The van der Waals surface area contributed by atoms with Crippen LogP contribution in [0.2, 0.25) is 5.02 Å². The molecule has 0 bridgehead atoms. The molecule has 0 aliphatic carbocycles. The van der Waals surface area contributed by atoms with Gasteiger partial charge in [-0.15, -0.1) is 0 Å². The minimum atomic E-state index is -0.824. The van der Waals surface area contributed by atoms with E-state index in [1.807, 2.05) is 18.2 Å². The largest absolute Gasteiger partial charge is 0.394 e. The fraction of sp³-hybridized carbons (Fsp3) is 0.435. The average Bonchev–Trinajstić information content (AvgIpc) is 3.13. The minimum Gasteiger partial charge on any atom is -0.394 e. The van der Waals surface area contributed by atoms with Crippen LogP contribution in [0.5, 0.6) is 0 Å². The number of para-hydroxylation sites is 1. The van der Waals surface area contributed by atoms with E-state index in [4.69, 9.17) is 16.3 Å². The van der Waals surface area contributed by atoms with Gasteiger partial charge in [-0.3, -0.25) is 9.69 Å². The third-order valence-corrected chi connectivity index (χ3v) is 6.41. The Balaban J connectivity index is 1.40. The van der Waals surface area contributed by atoms with Gasteiger partial charge in [0.15, 0.2) is 0 Å². The highest BCUT2D eigenvalue weighted by atomic mass is 35.5. The van der Waals surface area contributed by atoms with Crippen LogP contribution in [0, 0.1) is 0 Å². The number of ether oxygens (including phenoxy) is 1. The van der Waals surface area contributed by atoms with Crippen molar-refractivity contribution >= 4 is 23.2 Å². The van der Waals surface area contributed by atoms with E-state index in [1.54, 1.807) is 24.3 Å². The number of carbonyl (C=O) groups is 1. The molecule has 0 spiro atoms. The number of piperazine rings is 1. The van der Waals surface area contributed by atoms with Crippen LogP contribution in [0.3, 0.4) is 0 Å². The van der Waals surface area contributed by atoms with Crippen LogP contribution in [0.25, 0.3) is 0 Å². The van der Waals surface area contributed by atoms with Crippen molar-refractivity contribution in [3.05, 3.63) is 65.2 Å². The summed E-state index contributed by atoms with van der Waals surface area (Å²) in [6.45, 7) is 3.13. The highest BCUT2D eigenvalue weighted by Gasteiger charge is 2.46. The van der Waals surface area contributed by atoms with Gasteiger partial charge in [0.1, 0.15) is 12.2 Å². The fourth-order valence-corrected chi connectivity index (χ4v) is 4.67. The number of rotatable bonds is 6. The van der Waals surface area contributed by atoms with Gasteiger partial charge in [0.2, 0.25) is 0 Å². The molecule has 2 saturated heterocycles. The van der Waals surface area contributed by atoms with Crippen molar-refractivity contribution in [2.45, 2.75) is 24.4 Å². The summed E-state index contributed by atoms with van der Waals surface area (Å²) in [5.41, 5.74) is 1.58. The number of aliphatic hydroxyl groups is 2. The molecule has 0 unspecified atom stereocenters. The number of nitrogens with zero attached hydrogens (tertiary/aromatic N) is 2. The Morgan fingerprint density at radius 3 is 2.39 bits per heavy atom. The average molecular weight is 446 g/mol. The zero-order chi connectivity index (χ0) is 21.8. The first-order valence-electron chi connectivity index (χ1n) is 10.6. The molecule has 2 aromatic carbocycles. The number of hydrogen-bond donors (Lipinski definition) is 3. The molecule has 2 heterocycles. The molecule has 3 N–H and O–H groups in total. The van der Waals surface area contributed by atoms with Crippen molar-refractivity contribution in [1.82, 2.24) is 10.2 Å². The molecule has 2 aliphatic rings. The molecule has 4 rings (SSSR count). The highest BCUT2D eigenvalue weighted by molar-refractivity contribution is 6.33. The molecule has 4 atom stereocenters. The van der Waals surface area contributed by atoms with Crippen molar-refractivity contribution in [2.75, 3.05) is 44.2 Å². The second-order valence-corrected chi connectivity index (χ2v) is 8.33. The Labute approximate surface area is 187 Å². The third kappa shape index (κ3) is 4.86. The van der Waals surface area contributed by atoms with Gasteiger partial charge < -0.3 is 25.2 Å². The van der Waals surface area contributed by atoms with Crippen molar-refractivity contribution in [2.24, 2.45) is 0 Å². The van der Waals surface area contributed by atoms with Gasteiger partial charge in [-0.1, -0.05) is 41.9 Å². The summed E-state index contributed by atoms with van der Waals surface area (Å²) in [7, 11) is 0. The van der Waals surface area contributed by atoms with E-state index in [2.05, 4.69) is 27.2 Å². The molecule has 2 aromatic rings. The lowest BCUT2D eigenvalue weighted by Gasteiger charge is -2.41. The Hall–Kier alpha value is -2.16. The summed E-state index contributed by atoms with van der Waals surface area (Å²) >= 11 is 6.12. The Morgan fingerprint density at radius 2 is 1.71 bits per heavy atom.